The van der Waals surface area contributed by atoms with E-state index in [2.05, 4.69) is 19.5 Å². The summed E-state index contributed by atoms with van der Waals surface area (Å²) in [6, 6.07) is 11.5. The van der Waals surface area contributed by atoms with Crippen LogP contribution in [0, 0.1) is 6.92 Å². The van der Waals surface area contributed by atoms with E-state index in [1.54, 1.807) is 6.07 Å². The highest BCUT2D eigenvalue weighted by molar-refractivity contribution is 5.92. The predicted molar refractivity (Wildman–Crippen MR) is 102 cm³/mol. The van der Waals surface area contributed by atoms with Crippen LogP contribution in [0.2, 0.25) is 0 Å². The molecule has 1 saturated heterocycles. The second kappa shape index (κ2) is 7.70. The average Bonchev–Trinajstić information content (AvgIpc) is 3.16. The lowest BCUT2D eigenvalue weighted by molar-refractivity contribution is 0.0697. The quantitative estimate of drug-likeness (QED) is 0.716. The van der Waals surface area contributed by atoms with Crippen LogP contribution in [0.3, 0.4) is 0 Å². The summed E-state index contributed by atoms with van der Waals surface area (Å²) in [5, 5.41) is 0. The largest absolute Gasteiger partial charge is 0.337 e. The number of amides is 1. The van der Waals surface area contributed by atoms with Gasteiger partial charge in [-0.2, -0.15) is 0 Å². The first kappa shape index (κ1) is 17.4. The minimum absolute atomic E-state index is 0.00577. The molecule has 1 atom stereocenters. The van der Waals surface area contributed by atoms with Gasteiger partial charge < -0.3 is 9.47 Å². The molecule has 6 heteroatoms. The van der Waals surface area contributed by atoms with Gasteiger partial charge in [0.2, 0.25) is 0 Å². The van der Waals surface area contributed by atoms with E-state index in [0.29, 0.717) is 18.8 Å². The Labute approximate surface area is 158 Å². The van der Waals surface area contributed by atoms with Crippen LogP contribution in [0.4, 0.5) is 0 Å². The molecule has 3 aromatic heterocycles. The molecule has 1 aliphatic rings. The molecule has 138 valence electrons. The number of pyridine rings is 2. The van der Waals surface area contributed by atoms with E-state index >= 15 is 0 Å². The standard InChI is InChI=1S/C21H23N5O/c1-16-6-4-9-19(24-16)21(27)26-12-5-7-17(14-26)20-23-11-13-25(20)15-18-8-2-3-10-22-18/h2-4,6,8-11,13,17H,5,7,12,14-15H2,1H3. The first-order chi connectivity index (χ1) is 13.2. The molecule has 1 unspecified atom stereocenters. The van der Waals surface area contributed by atoms with Crippen LogP contribution in [-0.2, 0) is 6.54 Å². The fourth-order valence-corrected chi connectivity index (χ4v) is 3.68. The third-order valence-electron chi connectivity index (χ3n) is 4.99. The van der Waals surface area contributed by atoms with Gasteiger partial charge in [0.25, 0.3) is 5.91 Å². The maximum absolute atomic E-state index is 12.9. The fourth-order valence-electron chi connectivity index (χ4n) is 3.68. The zero-order valence-electron chi connectivity index (χ0n) is 15.5. The second-order valence-corrected chi connectivity index (χ2v) is 6.99. The van der Waals surface area contributed by atoms with Gasteiger partial charge in [-0.05, 0) is 44.0 Å². The maximum Gasteiger partial charge on any atom is 0.272 e. The lowest BCUT2D eigenvalue weighted by Crippen LogP contribution is -2.40. The van der Waals surface area contributed by atoms with Crippen molar-refractivity contribution in [2.24, 2.45) is 0 Å². The van der Waals surface area contributed by atoms with Gasteiger partial charge in [-0.15, -0.1) is 0 Å². The number of piperidine rings is 1. The zero-order valence-corrected chi connectivity index (χ0v) is 15.5. The Balaban J connectivity index is 1.51. The highest BCUT2D eigenvalue weighted by Crippen LogP contribution is 2.27. The Morgan fingerprint density at radius 1 is 1.15 bits per heavy atom. The number of hydrogen-bond donors (Lipinski definition) is 0. The molecule has 27 heavy (non-hydrogen) atoms. The van der Waals surface area contributed by atoms with Gasteiger partial charge >= 0.3 is 0 Å². The van der Waals surface area contributed by atoms with Crippen LogP contribution in [0.25, 0.3) is 0 Å². The molecule has 0 aliphatic carbocycles. The summed E-state index contributed by atoms with van der Waals surface area (Å²) >= 11 is 0. The predicted octanol–water partition coefficient (Wildman–Crippen LogP) is 3.05. The molecule has 0 aromatic carbocycles. The minimum atomic E-state index is 0.00577. The molecule has 0 bridgehead atoms. The van der Waals surface area contributed by atoms with Crippen LogP contribution < -0.4 is 0 Å². The van der Waals surface area contributed by atoms with Gasteiger partial charge in [0.15, 0.2) is 0 Å². The summed E-state index contributed by atoms with van der Waals surface area (Å²) in [7, 11) is 0. The smallest absolute Gasteiger partial charge is 0.272 e. The van der Waals surface area contributed by atoms with Crippen LogP contribution in [0.5, 0.6) is 0 Å². The van der Waals surface area contributed by atoms with Crippen LogP contribution in [0.15, 0.2) is 55.0 Å². The van der Waals surface area contributed by atoms with Crippen LogP contribution >= 0.6 is 0 Å². The van der Waals surface area contributed by atoms with Crippen molar-refractivity contribution in [3.8, 4) is 0 Å². The van der Waals surface area contributed by atoms with Gasteiger partial charge in [-0.1, -0.05) is 12.1 Å². The van der Waals surface area contributed by atoms with Crippen molar-refractivity contribution in [1.29, 1.82) is 0 Å². The van der Waals surface area contributed by atoms with E-state index in [0.717, 1.165) is 36.6 Å². The number of nitrogens with zero attached hydrogens (tertiary/aromatic N) is 5. The third kappa shape index (κ3) is 3.89. The first-order valence-corrected chi connectivity index (χ1v) is 9.34. The summed E-state index contributed by atoms with van der Waals surface area (Å²) < 4.78 is 2.14. The molecule has 1 aliphatic heterocycles. The Kier molecular flexibility index (Phi) is 4.96. The topological polar surface area (TPSA) is 63.9 Å². The molecule has 3 aromatic rings. The summed E-state index contributed by atoms with van der Waals surface area (Å²) in [5.41, 5.74) is 2.39. The third-order valence-corrected chi connectivity index (χ3v) is 4.99. The van der Waals surface area contributed by atoms with Gasteiger partial charge in [-0.3, -0.25) is 9.78 Å². The number of aryl methyl sites for hydroxylation is 1. The van der Waals surface area contributed by atoms with Crippen molar-refractivity contribution in [3.05, 3.63) is 77.9 Å². The van der Waals surface area contributed by atoms with E-state index in [1.165, 1.54) is 0 Å². The van der Waals surface area contributed by atoms with E-state index in [1.807, 2.05) is 60.7 Å². The monoisotopic (exact) mass is 361 g/mol. The molecular weight excluding hydrogens is 338 g/mol. The normalized spacial score (nSPS) is 17.1. The zero-order chi connectivity index (χ0) is 18.6. The molecule has 6 nitrogen and oxygen atoms in total. The lowest BCUT2D eigenvalue weighted by Gasteiger charge is -2.32. The Morgan fingerprint density at radius 3 is 2.89 bits per heavy atom. The van der Waals surface area contributed by atoms with Crippen molar-refractivity contribution >= 4 is 5.91 Å². The van der Waals surface area contributed by atoms with Crippen molar-refractivity contribution in [3.63, 3.8) is 0 Å². The van der Waals surface area contributed by atoms with E-state index in [-0.39, 0.29) is 11.8 Å². The van der Waals surface area contributed by atoms with Crippen molar-refractivity contribution < 1.29 is 4.79 Å². The van der Waals surface area contributed by atoms with Gasteiger partial charge in [0, 0.05) is 43.3 Å². The highest BCUT2D eigenvalue weighted by atomic mass is 16.2. The van der Waals surface area contributed by atoms with Crippen LogP contribution in [0.1, 0.15) is 46.5 Å². The minimum Gasteiger partial charge on any atom is -0.337 e. The molecule has 1 amide bonds. The van der Waals surface area contributed by atoms with Crippen molar-refractivity contribution in [2.75, 3.05) is 13.1 Å². The summed E-state index contributed by atoms with van der Waals surface area (Å²) in [4.78, 5) is 28.2. The Morgan fingerprint density at radius 2 is 2.07 bits per heavy atom. The molecule has 4 rings (SSSR count). The highest BCUT2D eigenvalue weighted by Gasteiger charge is 2.28. The number of aromatic nitrogens is 4. The molecular formula is C21H23N5O. The van der Waals surface area contributed by atoms with E-state index < -0.39 is 0 Å². The van der Waals surface area contributed by atoms with Crippen molar-refractivity contribution in [2.45, 2.75) is 32.2 Å². The van der Waals surface area contributed by atoms with E-state index in [9.17, 15) is 4.79 Å². The maximum atomic E-state index is 12.9. The molecule has 0 spiro atoms. The SMILES string of the molecule is Cc1cccc(C(=O)N2CCCC(c3nccn3Cc3ccccn3)C2)n1. The molecule has 0 N–H and O–H groups in total. The van der Waals surface area contributed by atoms with Crippen molar-refractivity contribution in [1.82, 2.24) is 24.4 Å². The Hall–Kier alpha value is -3.02. The number of carbonyl (C=O) groups is 1. The summed E-state index contributed by atoms with van der Waals surface area (Å²) in [5.74, 6) is 1.26. The van der Waals surface area contributed by atoms with E-state index in [4.69, 9.17) is 0 Å². The lowest BCUT2D eigenvalue weighted by atomic mass is 9.96. The molecule has 0 radical (unpaired) electrons. The number of hydrogen-bond acceptors (Lipinski definition) is 4. The second-order valence-electron chi connectivity index (χ2n) is 6.99. The number of likely N-dealkylation sites (tertiary alicyclic amines) is 1. The van der Waals surface area contributed by atoms with Gasteiger partial charge in [0.1, 0.15) is 11.5 Å². The van der Waals surface area contributed by atoms with Gasteiger partial charge in [-0.25, -0.2) is 9.97 Å². The Bertz CT molecular complexity index is 921. The summed E-state index contributed by atoms with van der Waals surface area (Å²) in [6.07, 6.45) is 7.64. The number of carbonyl (C=O) groups excluding carboxylic acids is 1. The van der Waals surface area contributed by atoms with Crippen LogP contribution in [-0.4, -0.2) is 43.4 Å². The molecule has 4 heterocycles. The summed E-state index contributed by atoms with van der Waals surface area (Å²) in [6.45, 7) is 4.05. The average molecular weight is 361 g/mol. The fraction of sp³-hybridized carbons (Fsp3) is 0.333. The first-order valence-electron chi connectivity index (χ1n) is 9.34. The number of imidazole rings is 1. The molecule has 1 fully saturated rings. The molecule has 0 saturated carbocycles. The number of rotatable bonds is 4. The van der Waals surface area contributed by atoms with Gasteiger partial charge in [0.05, 0.1) is 12.2 Å².